The Bertz CT molecular complexity index is 908. The number of hydrogen-bond acceptors (Lipinski definition) is 3. The minimum atomic E-state index is -0.586. The molecule has 0 radical (unpaired) electrons. The second kappa shape index (κ2) is 7.04. The Balaban J connectivity index is 0.00000182. The van der Waals surface area contributed by atoms with E-state index in [2.05, 4.69) is 23.1 Å². The largest absolute Gasteiger partial charge is 0.492 e. The summed E-state index contributed by atoms with van der Waals surface area (Å²) in [6.07, 6.45) is -0.586. The first-order valence-electron chi connectivity index (χ1n) is 8.27. The normalized spacial score (nSPS) is 15.0. The van der Waals surface area contributed by atoms with Crippen LogP contribution in [0, 0.1) is 0 Å². The van der Waals surface area contributed by atoms with Gasteiger partial charge in [0.2, 0.25) is 0 Å². The third-order valence-electron chi connectivity index (χ3n) is 4.65. The number of ether oxygens (including phenoxy) is 1. The molecule has 0 saturated carbocycles. The van der Waals surface area contributed by atoms with Crippen LogP contribution in [0.1, 0.15) is 17.2 Å². The second-order valence-corrected chi connectivity index (χ2v) is 6.53. The van der Waals surface area contributed by atoms with E-state index in [1.807, 2.05) is 50.5 Å². The smallest absolute Gasteiger partial charge is 0.127 e. The highest BCUT2D eigenvalue weighted by Gasteiger charge is 2.29. The van der Waals surface area contributed by atoms with Gasteiger partial charge in [-0.1, -0.05) is 48.5 Å². The van der Waals surface area contributed by atoms with E-state index in [1.54, 1.807) is 0 Å². The Hall–Kier alpha value is -2.07. The number of halogens is 1. The van der Waals surface area contributed by atoms with Gasteiger partial charge in [-0.05, 0) is 47.8 Å². The van der Waals surface area contributed by atoms with Crippen molar-refractivity contribution < 1.29 is 9.84 Å². The summed E-state index contributed by atoms with van der Waals surface area (Å²) in [5.41, 5.74) is 4.17. The van der Waals surface area contributed by atoms with Crippen LogP contribution in [0.4, 0.5) is 0 Å². The molecule has 0 heterocycles. The van der Waals surface area contributed by atoms with E-state index >= 15 is 0 Å². The van der Waals surface area contributed by atoms with Gasteiger partial charge in [0.15, 0.2) is 0 Å². The van der Waals surface area contributed by atoms with Crippen molar-refractivity contribution in [2.75, 3.05) is 27.2 Å². The van der Waals surface area contributed by atoms with Gasteiger partial charge in [-0.15, -0.1) is 12.4 Å². The maximum atomic E-state index is 10.8. The minimum absolute atomic E-state index is 0. The van der Waals surface area contributed by atoms with E-state index in [-0.39, 0.29) is 12.4 Å². The van der Waals surface area contributed by atoms with Gasteiger partial charge in [-0.3, -0.25) is 0 Å². The average Bonchev–Trinajstić information content (AvgIpc) is 2.88. The fraction of sp³-hybridized carbons (Fsp3) is 0.238. The number of rotatable bonds is 4. The molecule has 0 amide bonds. The molecular weight excluding hydrogens is 334 g/mol. The zero-order valence-corrected chi connectivity index (χ0v) is 15.2. The molecule has 1 atom stereocenters. The fourth-order valence-corrected chi connectivity index (χ4v) is 3.47. The monoisotopic (exact) mass is 355 g/mol. The quantitative estimate of drug-likeness (QED) is 0.758. The van der Waals surface area contributed by atoms with Crippen LogP contribution in [0.2, 0.25) is 0 Å². The molecule has 0 aliphatic heterocycles. The highest BCUT2D eigenvalue weighted by Crippen LogP contribution is 2.49. The van der Waals surface area contributed by atoms with Crippen LogP contribution in [0.15, 0.2) is 54.6 Å². The van der Waals surface area contributed by atoms with Gasteiger partial charge in [0.25, 0.3) is 0 Å². The van der Waals surface area contributed by atoms with E-state index in [0.717, 1.165) is 45.3 Å². The van der Waals surface area contributed by atoms with Crippen LogP contribution < -0.4 is 4.74 Å². The van der Waals surface area contributed by atoms with E-state index < -0.39 is 6.10 Å². The van der Waals surface area contributed by atoms with Crippen molar-refractivity contribution in [1.29, 1.82) is 0 Å². The van der Waals surface area contributed by atoms with E-state index in [9.17, 15) is 5.11 Å². The molecule has 0 spiro atoms. The van der Waals surface area contributed by atoms with Gasteiger partial charge in [-0.25, -0.2) is 0 Å². The van der Waals surface area contributed by atoms with Gasteiger partial charge in [-0.2, -0.15) is 0 Å². The molecule has 1 N–H and O–H groups in total. The zero-order chi connectivity index (χ0) is 16.7. The Kier molecular flexibility index (Phi) is 5.00. The highest BCUT2D eigenvalue weighted by molar-refractivity contribution is 6.04. The van der Waals surface area contributed by atoms with Crippen molar-refractivity contribution in [1.82, 2.24) is 4.90 Å². The summed E-state index contributed by atoms with van der Waals surface area (Å²) >= 11 is 0. The minimum Gasteiger partial charge on any atom is -0.492 e. The number of nitrogens with zero attached hydrogens (tertiary/aromatic N) is 1. The molecule has 4 rings (SSSR count). The summed E-state index contributed by atoms with van der Waals surface area (Å²) in [7, 11) is 4.06. The summed E-state index contributed by atoms with van der Waals surface area (Å²) in [6, 6.07) is 18.4. The molecule has 0 fully saturated rings. The number of benzene rings is 3. The fourth-order valence-electron chi connectivity index (χ4n) is 3.47. The van der Waals surface area contributed by atoms with Crippen LogP contribution in [-0.2, 0) is 0 Å². The topological polar surface area (TPSA) is 32.7 Å². The molecule has 3 aromatic carbocycles. The van der Waals surface area contributed by atoms with Gasteiger partial charge in [0.1, 0.15) is 18.5 Å². The lowest BCUT2D eigenvalue weighted by molar-refractivity contribution is 0.223. The molecule has 1 aliphatic carbocycles. The summed E-state index contributed by atoms with van der Waals surface area (Å²) < 4.78 is 6.05. The second-order valence-electron chi connectivity index (χ2n) is 6.53. The van der Waals surface area contributed by atoms with Gasteiger partial charge < -0.3 is 14.7 Å². The molecule has 4 heteroatoms. The summed E-state index contributed by atoms with van der Waals surface area (Å²) in [5.74, 6) is 0.845. The Morgan fingerprint density at radius 2 is 1.64 bits per heavy atom. The zero-order valence-electron chi connectivity index (χ0n) is 14.4. The number of likely N-dealkylation sites (N-methyl/N-ethyl adjacent to an activating group) is 1. The Morgan fingerprint density at radius 3 is 2.40 bits per heavy atom. The first-order chi connectivity index (χ1) is 11.7. The third-order valence-corrected chi connectivity index (χ3v) is 4.65. The maximum absolute atomic E-state index is 10.8. The van der Waals surface area contributed by atoms with Crippen molar-refractivity contribution in [2.45, 2.75) is 6.10 Å². The van der Waals surface area contributed by atoms with E-state index in [4.69, 9.17) is 4.74 Å². The van der Waals surface area contributed by atoms with Crippen molar-refractivity contribution in [3.05, 3.63) is 65.7 Å². The van der Waals surface area contributed by atoms with Crippen molar-refractivity contribution in [2.24, 2.45) is 0 Å². The molecular formula is C21H22ClNO2. The van der Waals surface area contributed by atoms with Crippen LogP contribution in [0.5, 0.6) is 5.75 Å². The van der Waals surface area contributed by atoms with Crippen molar-refractivity contribution >= 4 is 23.2 Å². The van der Waals surface area contributed by atoms with Crippen LogP contribution >= 0.6 is 12.4 Å². The summed E-state index contributed by atoms with van der Waals surface area (Å²) in [6.45, 7) is 1.48. The predicted octanol–water partition coefficient (Wildman–Crippen LogP) is 4.26. The Morgan fingerprint density at radius 1 is 0.960 bits per heavy atom. The molecule has 0 saturated heterocycles. The first-order valence-corrected chi connectivity index (χ1v) is 8.27. The van der Waals surface area contributed by atoms with Gasteiger partial charge in [0.05, 0.1) is 0 Å². The summed E-state index contributed by atoms with van der Waals surface area (Å²) in [4.78, 5) is 2.10. The molecule has 25 heavy (non-hydrogen) atoms. The van der Waals surface area contributed by atoms with Crippen LogP contribution in [-0.4, -0.2) is 37.3 Å². The number of aliphatic hydroxyl groups excluding tert-OH is 1. The standard InChI is InChI=1S/C21H21NO2.ClH/c1-22(2)11-12-24-19-13-18-20(15-8-4-3-7-14(15)19)16-9-5-6-10-17(16)21(18)23;/h3-10,13,21,23H,11-12H2,1-2H3;1H. The van der Waals surface area contributed by atoms with Gasteiger partial charge in [0, 0.05) is 11.9 Å². The van der Waals surface area contributed by atoms with Crippen LogP contribution in [0.3, 0.4) is 0 Å². The molecule has 3 aromatic rings. The molecule has 1 unspecified atom stereocenters. The van der Waals surface area contributed by atoms with Crippen LogP contribution in [0.25, 0.3) is 21.9 Å². The summed E-state index contributed by atoms with van der Waals surface area (Å²) in [5, 5.41) is 13.0. The predicted molar refractivity (Wildman–Crippen MR) is 105 cm³/mol. The number of aliphatic hydroxyl groups is 1. The third kappa shape index (κ3) is 2.99. The maximum Gasteiger partial charge on any atom is 0.127 e. The van der Waals surface area contributed by atoms with Crippen molar-refractivity contribution in [3.8, 4) is 16.9 Å². The van der Waals surface area contributed by atoms with E-state index in [1.165, 1.54) is 0 Å². The SMILES string of the molecule is CN(C)CCOc1cc2c(c3ccccc13)-c1ccccc1C2O.Cl. The van der Waals surface area contributed by atoms with E-state index in [0.29, 0.717) is 6.61 Å². The molecule has 0 aromatic heterocycles. The molecule has 130 valence electrons. The molecule has 3 nitrogen and oxygen atoms in total. The van der Waals surface area contributed by atoms with Crippen molar-refractivity contribution in [3.63, 3.8) is 0 Å². The number of hydrogen-bond donors (Lipinski definition) is 1. The molecule has 0 bridgehead atoms. The lowest BCUT2D eigenvalue weighted by atomic mass is 9.97. The number of fused-ring (bicyclic) bond motifs is 5. The lowest BCUT2D eigenvalue weighted by Crippen LogP contribution is -2.19. The highest BCUT2D eigenvalue weighted by atomic mass is 35.5. The van der Waals surface area contributed by atoms with Gasteiger partial charge >= 0.3 is 0 Å². The Labute approximate surface area is 154 Å². The molecule has 1 aliphatic rings. The first kappa shape index (κ1) is 17.7. The lowest BCUT2D eigenvalue weighted by Gasteiger charge is -2.16. The average molecular weight is 356 g/mol.